The average molecular weight is 248 g/mol. The highest BCUT2D eigenvalue weighted by molar-refractivity contribution is 7.90. The Hall–Kier alpha value is -0.0900. The molecule has 96 valence electrons. The molecule has 1 saturated carbocycles. The SMILES string of the molecule is CC1CC(C)(C)CC1(O)CCCS(C)(=O)=O. The molecule has 2 atom stereocenters. The van der Waals surface area contributed by atoms with E-state index in [-0.39, 0.29) is 17.1 Å². The van der Waals surface area contributed by atoms with E-state index in [1.165, 1.54) is 6.26 Å². The van der Waals surface area contributed by atoms with E-state index < -0.39 is 15.4 Å². The molecule has 2 unspecified atom stereocenters. The monoisotopic (exact) mass is 248 g/mol. The van der Waals surface area contributed by atoms with Gasteiger partial charge in [0, 0.05) is 12.0 Å². The predicted octanol–water partition coefficient (Wildman–Crippen LogP) is 2.00. The van der Waals surface area contributed by atoms with Crippen LogP contribution in [0, 0.1) is 11.3 Å². The zero-order valence-electron chi connectivity index (χ0n) is 10.8. The smallest absolute Gasteiger partial charge is 0.147 e. The van der Waals surface area contributed by atoms with E-state index in [0.29, 0.717) is 12.8 Å². The van der Waals surface area contributed by atoms with Crippen molar-refractivity contribution in [1.82, 2.24) is 0 Å². The van der Waals surface area contributed by atoms with Gasteiger partial charge in [0.1, 0.15) is 9.84 Å². The van der Waals surface area contributed by atoms with Gasteiger partial charge in [-0.05, 0) is 37.0 Å². The van der Waals surface area contributed by atoms with Crippen LogP contribution in [0.2, 0.25) is 0 Å². The summed E-state index contributed by atoms with van der Waals surface area (Å²) >= 11 is 0. The summed E-state index contributed by atoms with van der Waals surface area (Å²) in [6.07, 6.45) is 4.22. The first-order valence-corrected chi connectivity index (χ1v) is 8.00. The van der Waals surface area contributed by atoms with Gasteiger partial charge < -0.3 is 5.11 Å². The fraction of sp³-hybridized carbons (Fsp3) is 1.00. The van der Waals surface area contributed by atoms with Gasteiger partial charge in [-0.3, -0.25) is 0 Å². The van der Waals surface area contributed by atoms with E-state index in [9.17, 15) is 13.5 Å². The Balaban J connectivity index is 2.53. The average Bonchev–Trinajstić information content (AvgIpc) is 2.17. The Labute approximate surface area is 99.2 Å². The molecular formula is C12H24O3S. The van der Waals surface area contributed by atoms with Crippen LogP contribution >= 0.6 is 0 Å². The van der Waals surface area contributed by atoms with Gasteiger partial charge in [0.15, 0.2) is 0 Å². The standard InChI is InChI=1S/C12H24O3S/c1-10-8-11(2,3)9-12(10,13)6-5-7-16(4,14)15/h10,13H,5-9H2,1-4H3. The van der Waals surface area contributed by atoms with Crippen LogP contribution in [-0.4, -0.2) is 31.1 Å². The molecule has 3 nitrogen and oxygen atoms in total. The highest BCUT2D eigenvalue weighted by atomic mass is 32.2. The van der Waals surface area contributed by atoms with Gasteiger partial charge in [-0.15, -0.1) is 0 Å². The summed E-state index contributed by atoms with van der Waals surface area (Å²) in [6, 6.07) is 0. The zero-order chi connectivity index (χ0) is 12.6. The first kappa shape index (κ1) is 14.0. The summed E-state index contributed by atoms with van der Waals surface area (Å²) in [5.74, 6) is 0.449. The number of aliphatic hydroxyl groups is 1. The number of hydrogen-bond acceptors (Lipinski definition) is 3. The third-order valence-electron chi connectivity index (χ3n) is 3.69. The van der Waals surface area contributed by atoms with Crippen LogP contribution < -0.4 is 0 Å². The molecule has 0 spiro atoms. The van der Waals surface area contributed by atoms with E-state index in [1.807, 2.05) is 0 Å². The quantitative estimate of drug-likeness (QED) is 0.828. The van der Waals surface area contributed by atoms with Crippen molar-refractivity contribution in [2.75, 3.05) is 12.0 Å². The molecule has 16 heavy (non-hydrogen) atoms. The molecule has 1 aliphatic carbocycles. The molecule has 0 heterocycles. The Morgan fingerprint density at radius 3 is 2.31 bits per heavy atom. The second kappa shape index (κ2) is 4.30. The van der Waals surface area contributed by atoms with Crippen LogP contribution in [0.5, 0.6) is 0 Å². The van der Waals surface area contributed by atoms with Crippen LogP contribution in [0.4, 0.5) is 0 Å². The molecule has 1 rings (SSSR count). The van der Waals surface area contributed by atoms with Crippen molar-refractivity contribution >= 4 is 9.84 Å². The van der Waals surface area contributed by atoms with Gasteiger partial charge >= 0.3 is 0 Å². The van der Waals surface area contributed by atoms with Crippen molar-refractivity contribution < 1.29 is 13.5 Å². The fourth-order valence-electron chi connectivity index (χ4n) is 3.07. The molecule has 1 fully saturated rings. The summed E-state index contributed by atoms with van der Waals surface area (Å²) in [5, 5.41) is 10.5. The van der Waals surface area contributed by atoms with Gasteiger partial charge in [-0.25, -0.2) is 8.42 Å². The lowest BCUT2D eigenvalue weighted by Gasteiger charge is -2.28. The second-order valence-electron chi connectivity index (χ2n) is 6.28. The maximum absolute atomic E-state index is 11.0. The maximum Gasteiger partial charge on any atom is 0.147 e. The predicted molar refractivity (Wildman–Crippen MR) is 66.1 cm³/mol. The van der Waals surface area contributed by atoms with Crippen LogP contribution in [0.15, 0.2) is 0 Å². The second-order valence-corrected chi connectivity index (χ2v) is 8.54. The molecular weight excluding hydrogens is 224 g/mol. The van der Waals surface area contributed by atoms with Crippen LogP contribution in [0.3, 0.4) is 0 Å². The van der Waals surface area contributed by atoms with E-state index in [1.54, 1.807) is 0 Å². The number of hydrogen-bond donors (Lipinski definition) is 1. The van der Waals surface area contributed by atoms with Crippen LogP contribution in [0.1, 0.15) is 46.5 Å². The van der Waals surface area contributed by atoms with Crippen molar-refractivity contribution in [3.63, 3.8) is 0 Å². The highest BCUT2D eigenvalue weighted by Crippen LogP contribution is 2.49. The van der Waals surface area contributed by atoms with Gasteiger partial charge in [0.25, 0.3) is 0 Å². The topological polar surface area (TPSA) is 54.4 Å². The van der Waals surface area contributed by atoms with E-state index >= 15 is 0 Å². The lowest BCUT2D eigenvalue weighted by atomic mass is 9.86. The highest BCUT2D eigenvalue weighted by Gasteiger charge is 2.46. The molecule has 4 heteroatoms. The van der Waals surface area contributed by atoms with Crippen molar-refractivity contribution in [3.05, 3.63) is 0 Å². The summed E-state index contributed by atoms with van der Waals surface area (Å²) in [6.45, 7) is 6.39. The Morgan fingerprint density at radius 1 is 1.38 bits per heavy atom. The first-order chi connectivity index (χ1) is 7.04. The van der Waals surface area contributed by atoms with Gasteiger partial charge in [0.05, 0.1) is 5.60 Å². The third kappa shape index (κ3) is 3.74. The summed E-state index contributed by atoms with van der Waals surface area (Å²) in [4.78, 5) is 0. The molecule has 0 amide bonds. The molecule has 0 aromatic rings. The molecule has 0 aromatic heterocycles. The minimum Gasteiger partial charge on any atom is -0.390 e. The van der Waals surface area contributed by atoms with Crippen molar-refractivity contribution in [1.29, 1.82) is 0 Å². The van der Waals surface area contributed by atoms with Crippen molar-refractivity contribution in [2.24, 2.45) is 11.3 Å². The molecule has 1 N–H and O–H groups in total. The largest absolute Gasteiger partial charge is 0.390 e. The van der Waals surface area contributed by atoms with Gasteiger partial charge in [0.2, 0.25) is 0 Å². The van der Waals surface area contributed by atoms with Crippen LogP contribution in [0.25, 0.3) is 0 Å². The Morgan fingerprint density at radius 2 is 1.94 bits per heavy atom. The zero-order valence-corrected chi connectivity index (χ0v) is 11.6. The molecule has 0 aromatic carbocycles. The van der Waals surface area contributed by atoms with Crippen molar-refractivity contribution in [3.8, 4) is 0 Å². The lowest BCUT2D eigenvalue weighted by Crippen LogP contribution is -2.32. The Bertz CT molecular complexity index is 345. The lowest BCUT2D eigenvalue weighted by molar-refractivity contribution is -0.00441. The normalized spacial score (nSPS) is 34.2. The summed E-state index contributed by atoms with van der Waals surface area (Å²) < 4.78 is 22.1. The minimum atomic E-state index is -2.90. The van der Waals surface area contributed by atoms with E-state index in [2.05, 4.69) is 20.8 Å². The maximum atomic E-state index is 11.0. The molecule has 0 saturated heterocycles. The summed E-state index contributed by atoms with van der Waals surface area (Å²) in [5.41, 5.74) is -0.479. The Kier molecular flexibility index (Phi) is 3.75. The number of sulfone groups is 1. The fourth-order valence-corrected chi connectivity index (χ4v) is 3.74. The third-order valence-corrected chi connectivity index (χ3v) is 4.72. The summed E-state index contributed by atoms with van der Waals surface area (Å²) in [7, 11) is -2.90. The molecule has 0 bridgehead atoms. The van der Waals surface area contributed by atoms with E-state index in [0.717, 1.165) is 12.8 Å². The molecule has 1 aliphatic rings. The van der Waals surface area contributed by atoms with Gasteiger partial charge in [-0.1, -0.05) is 20.8 Å². The molecule has 0 aliphatic heterocycles. The minimum absolute atomic E-state index is 0.180. The van der Waals surface area contributed by atoms with Gasteiger partial charge in [-0.2, -0.15) is 0 Å². The molecule has 0 radical (unpaired) electrons. The number of rotatable bonds is 4. The van der Waals surface area contributed by atoms with E-state index in [4.69, 9.17) is 0 Å². The van der Waals surface area contributed by atoms with Crippen molar-refractivity contribution in [2.45, 2.75) is 52.1 Å². The van der Waals surface area contributed by atoms with Crippen LogP contribution in [-0.2, 0) is 9.84 Å². The first-order valence-electron chi connectivity index (χ1n) is 5.94.